The van der Waals surface area contributed by atoms with Gasteiger partial charge in [-0.1, -0.05) is 74.5 Å². The lowest BCUT2D eigenvalue weighted by molar-refractivity contribution is -0.128. The lowest BCUT2D eigenvalue weighted by Crippen LogP contribution is -2.54. The van der Waals surface area contributed by atoms with Gasteiger partial charge < -0.3 is 5.32 Å². The molecule has 1 aliphatic rings. The van der Waals surface area contributed by atoms with E-state index >= 15 is 0 Å². The van der Waals surface area contributed by atoms with Crippen LogP contribution in [0.2, 0.25) is 0 Å². The molecule has 0 aromatic heterocycles. The molecule has 2 aromatic rings. The Balaban J connectivity index is 1.81. The van der Waals surface area contributed by atoms with E-state index < -0.39 is 15.4 Å². The molecule has 1 amide bonds. The Hall–Kier alpha value is -2.18. The quantitative estimate of drug-likeness (QED) is 0.734. The molecule has 0 spiro atoms. The molecule has 1 saturated heterocycles. The van der Waals surface area contributed by atoms with Crippen LogP contribution in [0.1, 0.15) is 44.7 Å². The van der Waals surface area contributed by atoms with E-state index in [0.29, 0.717) is 32.5 Å². The molecule has 1 heterocycles. The molecule has 0 radical (unpaired) electrons. The number of amides is 1. The highest BCUT2D eigenvalue weighted by molar-refractivity contribution is 7.89. The molecule has 0 bridgehead atoms. The maximum absolute atomic E-state index is 13.5. The second-order valence-electron chi connectivity index (χ2n) is 8.68. The summed E-state index contributed by atoms with van der Waals surface area (Å²) in [7, 11) is -3.25. The van der Waals surface area contributed by atoms with Gasteiger partial charge in [0, 0.05) is 25.0 Å². The van der Waals surface area contributed by atoms with E-state index in [1.807, 2.05) is 48.5 Å². The first kappa shape index (κ1) is 22.5. The molecule has 1 fully saturated rings. The van der Waals surface area contributed by atoms with E-state index in [0.717, 1.165) is 5.56 Å². The van der Waals surface area contributed by atoms with Crippen LogP contribution in [-0.2, 0) is 25.6 Å². The fourth-order valence-electron chi connectivity index (χ4n) is 4.19. The Morgan fingerprint density at radius 2 is 1.53 bits per heavy atom. The first-order valence-electron chi connectivity index (χ1n) is 10.6. The summed E-state index contributed by atoms with van der Waals surface area (Å²) in [5.41, 5.74) is 1.20. The van der Waals surface area contributed by atoms with E-state index in [2.05, 4.69) is 31.3 Å². The van der Waals surface area contributed by atoms with Crippen molar-refractivity contribution in [1.29, 1.82) is 0 Å². The Morgan fingerprint density at radius 3 is 2.07 bits per heavy atom. The van der Waals surface area contributed by atoms with E-state index in [-0.39, 0.29) is 17.1 Å². The number of nitrogens with one attached hydrogen (secondary N) is 1. The standard InChI is InChI=1S/C24H32N2O3S/c1-4-30(28,29)26-17-15-24(16-18-26,21-13-9-6-10-14-21)22(27)25-19-23(2,3)20-11-7-5-8-12-20/h5-14H,4,15-19H2,1-3H3,(H,25,27). The first-order chi connectivity index (χ1) is 14.2. The molecule has 1 N–H and O–H groups in total. The van der Waals surface area contributed by atoms with Gasteiger partial charge in [-0.3, -0.25) is 4.79 Å². The van der Waals surface area contributed by atoms with Gasteiger partial charge in [-0.05, 0) is 30.9 Å². The van der Waals surface area contributed by atoms with Crippen molar-refractivity contribution in [2.24, 2.45) is 0 Å². The van der Waals surface area contributed by atoms with E-state index in [1.54, 1.807) is 6.92 Å². The minimum absolute atomic E-state index is 0.0220. The van der Waals surface area contributed by atoms with Gasteiger partial charge in [0.2, 0.25) is 15.9 Å². The third kappa shape index (κ3) is 4.60. The van der Waals surface area contributed by atoms with Crippen molar-refractivity contribution in [2.75, 3.05) is 25.4 Å². The van der Waals surface area contributed by atoms with Crippen LogP contribution in [0.4, 0.5) is 0 Å². The summed E-state index contributed by atoms with van der Waals surface area (Å²) in [6.07, 6.45) is 0.960. The number of piperidine rings is 1. The number of sulfonamides is 1. The highest BCUT2D eigenvalue weighted by Gasteiger charge is 2.44. The Labute approximate surface area is 180 Å². The van der Waals surface area contributed by atoms with Crippen molar-refractivity contribution in [3.8, 4) is 0 Å². The maximum Gasteiger partial charge on any atom is 0.230 e. The minimum atomic E-state index is -3.25. The minimum Gasteiger partial charge on any atom is -0.354 e. The van der Waals surface area contributed by atoms with E-state index in [1.165, 1.54) is 9.87 Å². The van der Waals surface area contributed by atoms with E-state index in [4.69, 9.17) is 0 Å². The van der Waals surface area contributed by atoms with Gasteiger partial charge in [0.25, 0.3) is 0 Å². The van der Waals surface area contributed by atoms with Crippen molar-refractivity contribution >= 4 is 15.9 Å². The van der Waals surface area contributed by atoms with E-state index in [9.17, 15) is 13.2 Å². The predicted molar refractivity (Wildman–Crippen MR) is 121 cm³/mol. The van der Waals surface area contributed by atoms with Crippen LogP contribution in [0.15, 0.2) is 60.7 Å². The summed E-state index contributed by atoms with van der Waals surface area (Å²) < 4.78 is 26.1. The normalized spacial score (nSPS) is 17.4. The summed E-state index contributed by atoms with van der Waals surface area (Å²) in [5, 5.41) is 3.19. The van der Waals surface area contributed by atoms with Crippen LogP contribution in [0.3, 0.4) is 0 Å². The van der Waals surface area contributed by atoms with Crippen molar-refractivity contribution in [2.45, 2.75) is 44.4 Å². The number of rotatable bonds is 7. The number of nitrogens with zero attached hydrogens (tertiary/aromatic N) is 1. The molecule has 5 nitrogen and oxygen atoms in total. The van der Waals surface area contributed by atoms with Crippen LogP contribution < -0.4 is 5.32 Å². The van der Waals surface area contributed by atoms with Crippen molar-refractivity contribution in [1.82, 2.24) is 9.62 Å². The van der Waals surface area contributed by atoms with Crippen LogP contribution in [0.5, 0.6) is 0 Å². The van der Waals surface area contributed by atoms with Crippen LogP contribution in [-0.4, -0.2) is 44.0 Å². The molecular weight excluding hydrogens is 396 g/mol. The lowest BCUT2D eigenvalue weighted by atomic mass is 9.72. The molecule has 30 heavy (non-hydrogen) atoms. The zero-order chi connectivity index (χ0) is 21.8. The SMILES string of the molecule is CCS(=O)(=O)N1CCC(C(=O)NCC(C)(C)c2ccccc2)(c2ccccc2)CC1. The summed E-state index contributed by atoms with van der Waals surface area (Å²) in [6.45, 7) is 7.14. The molecule has 0 atom stereocenters. The highest BCUT2D eigenvalue weighted by Crippen LogP contribution is 2.37. The fourth-order valence-corrected chi connectivity index (χ4v) is 5.30. The summed E-state index contributed by atoms with van der Waals surface area (Å²) in [6, 6.07) is 19.9. The first-order valence-corrected chi connectivity index (χ1v) is 12.2. The maximum atomic E-state index is 13.5. The molecule has 162 valence electrons. The molecule has 3 rings (SSSR count). The monoisotopic (exact) mass is 428 g/mol. The Morgan fingerprint density at radius 1 is 1.00 bits per heavy atom. The Bertz CT molecular complexity index is 948. The zero-order valence-corrected chi connectivity index (χ0v) is 18.9. The summed E-state index contributed by atoms with van der Waals surface area (Å²) >= 11 is 0. The highest BCUT2D eigenvalue weighted by atomic mass is 32.2. The third-order valence-electron chi connectivity index (χ3n) is 6.34. The van der Waals surface area contributed by atoms with Gasteiger partial charge in [-0.2, -0.15) is 0 Å². The van der Waals surface area contributed by atoms with Crippen molar-refractivity contribution < 1.29 is 13.2 Å². The average molecular weight is 429 g/mol. The number of benzene rings is 2. The van der Waals surface area contributed by atoms with Crippen molar-refractivity contribution in [3.63, 3.8) is 0 Å². The Kier molecular flexibility index (Phi) is 6.68. The molecule has 0 unspecified atom stereocenters. The fraction of sp³-hybridized carbons (Fsp3) is 0.458. The number of hydrogen-bond donors (Lipinski definition) is 1. The molecule has 2 aromatic carbocycles. The lowest BCUT2D eigenvalue weighted by Gasteiger charge is -2.41. The number of hydrogen-bond acceptors (Lipinski definition) is 3. The second kappa shape index (κ2) is 8.90. The number of carbonyl (C=O) groups excluding carboxylic acids is 1. The van der Waals surface area contributed by atoms with Gasteiger partial charge in [0.15, 0.2) is 0 Å². The largest absolute Gasteiger partial charge is 0.354 e. The molecule has 0 saturated carbocycles. The van der Waals surface area contributed by atoms with Crippen molar-refractivity contribution in [3.05, 3.63) is 71.8 Å². The van der Waals surface area contributed by atoms with Crippen LogP contribution in [0, 0.1) is 0 Å². The van der Waals surface area contributed by atoms with Gasteiger partial charge in [0.1, 0.15) is 0 Å². The van der Waals surface area contributed by atoms with Crippen LogP contribution in [0.25, 0.3) is 0 Å². The van der Waals surface area contributed by atoms with Crippen LogP contribution >= 0.6 is 0 Å². The number of carbonyl (C=O) groups is 1. The van der Waals surface area contributed by atoms with Gasteiger partial charge in [-0.25, -0.2) is 12.7 Å². The third-order valence-corrected chi connectivity index (χ3v) is 8.22. The summed E-state index contributed by atoms with van der Waals surface area (Å²) in [4.78, 5) is 13.5. The van der Waals surface area contributed by atoms with Gasteiger partial charge in [0.05, 0.1) is 11.2 Å². The topological polar surface area (TPSA) is 66.5 Å². The zero-order valence-electron chi connectivity index (χ0n) is 18.1. The molecule has 0 aliphatic carbocycles. The summed E-state index contributed by atoms with van der Waals surface area (Å²) in [5.74, 6) is 0.0641. The molecule has 1 aliphatic heterocycles. The second-order valence-corrected chi connectivity index (χ2v) is 10.9. The van der Waals surface area contributed by atoms with Gasteiger partial charge >= 0.3 is 0 Å². The van der Waals surface area contributed by atoms with Gasteiger partial charge in [-0.15, -0.1) is 0 Å². The smallest absolute Gasteiger partial charge is 0.230 e. The predicted octanol–water partition coefficient (Wildman–Crippen LogP) is 3.46. The molecule has 6 heteroatoms. The average Bonchev–Trinajstić information content (AvgIpc) is 2.78. The molecular formula is C24H32N2O3S.